The van der Waals surface area contributed by atoms with Gasteiger partial charge in [-0.05, 0) is 43.7 Å². The van der Waals surface area contributed by atoms with Crippen molar-refractivity contribution >= 4 is 11.8 Å². The molecule has 1 aromatic rings. The van der Waals surface area contributed by atoms with Crippen LogP contribution in [-0.2, 0) is 11.4 Å². The van der Waals surface area contributed by atoms with Crippen molar-refractivity contribution in [2.24, 2.45) is 11.3 Å². The van der Waals surface area contributed by atoms with E-state index in [2.05, 4.69) is 18.8 Å². The zero-order valence-corrected chi connectivity index (χ0v) is 16.5. The van der Waals surface area contributed by atoms with Crippen LogP contribution >= 0.6 is 0 Å². The van der Waals surface area contributed by atoms with Gasteiger partial charge in [0.15, 0.2) is 0 Å². The van der Waals surface area contributed by atoms with E-state index in [1.54, 1.807) is 18.2 Å². The van der Waals surface area contributed by atoms with Gasteiger partial charge in [-0.3, -0.25) is 9.59 Å². The fourth-order valence-corrected chi connectivity index (χ4v) is 4.28. The fourth-order valence-electron chi connectivity index (χ4n) is 4.28. The molecule has 2 fully saturated rings. The maximum atomic E-state index is 13.0. The summed E-state index contributed by atoms with van der Waals surface area (Å²) in [5, 5.41) is 9.27. The van der Waals surface area contributed by atoms with Crippen molar-refractivity contribution in [3.05, 3.63) is 29.6 Å². The molecular formula is C21H31N3O3. The minimum Gasteiger partial charge on any atom is -0.390 e. The normalized spacial score (nSPS) is 23.3. The van der Waals surface area contributed by atoms with Gasteiger partial charge in [-0.1, -0.05) is 19.9 Å². The Balaban J connectivity index is 1.70. The molecule has 1 spiro atoms. The molecule has 2 amide bonds. The van der Waals surface area contributed by atoms with Crippen LogP contribution in [0.3, 0.4) is 0 Å². The quantitative estimate of drug-likeness (QED) is 0.860. The van der Waals surface area contributed by atoms with E-state index < -0.39 is 0 Å². The number of likely N-dealkylation sites (tertiary alicyclic amines) is 2. The van der Waals surface area contributed by atoms with E-state index in [1.165, 1.54) is 0 Å². The summed E-state index contributed by atoms with van der Waals surface area (Å²) < 4.78 is 0. The molecule has 0 aliphatic carbocycles. The highest BCUT2D eigenvalue weighted by Crippen LogP contribution is 2.39. The first-order chi connectivity index (χ1) is 12.9. The van der Waals surface area contributed by atoms with Crippen molar-refractivity contribution in [3.63, 3.8) is 0 Å². The lowest BCUT2D eigenvalue weighted by molar-refractivity contribution is -0.139. The lowest BCUT2D eigenvalue weighted by atomic mass is 9.73. The summed E-state index contributed by atoms with van der Waals surface area (Å²) in [6, 6.07) is 5.19. The summed E-state index contributed by atoms with van der Waals surface area (Å²) in [5.41, 5.74) is 0.908. The zero-order valence-electron chi connectivity index (χ0n) is 16.5. The van der Waals surface area contributed by atoms with Crippen molar-refractivity contribution in [3.8, 4) is 0 Å². The van der Waals surface area contributed by atoms with Crippen LogP contribution in [0.4, 0.5) is 0 Å². The minimum atomic E-state index is -0.169. The van der Waals surface area contributed by atoms with Crippen LogP contribution < -0.4 is 0 Å². The van der Waals surface area contributed by atoms with E-state index in [4.69, 9.17) is 0 Å². The van der Waals surface area contributed by atoms with Gasteiger partial charge in [0.05, 0.1) is 12.3 Å². The van der Waals surface area contributed by atoms with Crippen molar-refractivity contribution < 1.29 is 14.7 Å². The van der Waals surface area contributed by atoms with Crippen LogP contribution in [0.5, 0.6) is 0 Å². The number of nitrogens with zero attached hydrogens (tertiary/aromatic N) is 3. The Morgan fingerprint density at radius 3 is 2.85 bits per heavy atom. The highest BCUT2D eigenvalue weighted by atomic mass is 16.3. The first kappa shape index (κ1) is 19.8. The molecule has 2 saturated heterocycles. The molecule has 0 unspecified atom stereocenters. The van der Waals surface area contributed by atoms with Gasteiger partial charge in [0, 0.05) is 38.0 Å². The molecule has 0 bridgehead atoms. The number of hydrogen-bond acceptors (Lipinski definition) is 4. The summed E-state index contributed by atoms with van der Waals surface area (Å²) in [4.78, 5) is 33.5. The lowest BCUT2D eigenvalue weighted by Crippen LogP contribution is -2.55. The Morgan fingerprint density at radius 1 is 1.30 bits per heavy atom. The Kier molecular flexibility index (Phi) is 6.15. The van der Waals surface area contributed by atoms with Gasteiger partial charge >= 0.3 is 0 Å². The van der Waals surface area contributed by atoms with E-state index in [-0.39, 0.29) is 23.8 Å². The van der Waals surface area contributed by atoms with Gasteiger partial charge in [-0.25, -0.2) is 4.98 Å². The van der Waals surface area contributed by atoms with Crippen LogP contribution in [0, 0.1) is 11.3 Å². The molecule has 0 saturated carbocycles. The fraction of sp³-hybridized carbons (Fsp3) is 0.667. The predicted octanol–water partition coefficient (Wildman–Crippen LogP) is 2.46. The average molecular weight is 373 g/mol. The summed E-state index contributed by atoms with van der Waals surface area (Å²) in [6.45, 7) is 7.17. The minimum absolute atomic E-state index is 0.00733. The third-order valence-corrected chi connectivity index (χ3v) is 5.86. The first-order valence-electron chi connectivity index (χ1n) is 10.1. The van der Waals surface area contributed by atoms with Crippen LogP contribution in [-0.4, -0.2) is 57.9 Å². The molecular weight excluding hydrogens is 342 g/mol. The van der Waals surface area contributed by atoms with Gasteiger partial charge in [-0.15, -0.1) is 0 Å². The third-order valence-electron chi connectivity index (χ3n) is 5.86. The second-order valence-corrected chi connectivity index (χ2v) is 8.50. The molecule has 2 aliphatic heterocycles. The number of amides is 2. The largest absolute Gasteiger partial charge is 0.390 e. The highest BCUT2D eigenvalue weighted by molar-refractivity contribution is 5.92. The van der Waals surface area contributed by atoms with Gasteiger partial charge in [0.25, 0.3) is 5.91 Å². The average Bonchev–Trinajstić information content (AvgIpc) is 2.68. The van der Waals surface area contributed by atoms with Crippen LogP contribution in [0.25, 0.3) is 0 Å². The van der Waals surface area contributed by atoms with Crippen molar-refractivity contribution in [2.45, 2.75) is 52.6 Å². The number of aliphatic hydroxyl groups excluding tert-OH is 1. The number of pyridine rings is 1. The molecule has 3 rings (SSSR count). The topological polar surface area (TPSA) is 73.7 Å². The number of carbonyl (C=O) groups is 2. The molecule has 6 heteroatoms. The standard InChI is InChI=1S/C21H31N3O3/c1-16(2)8-12-23-14-21(10-7-19(23)26)9-4-11-24(15-21)20(27)18-6-3-5-17(13-25)22-18/h3,5-6,16,25H,4,7-15H2,1-2H3/t21-/m1/s1. The number of rotatable bonds is 5. The molecule has 3 heterocycles. The molecule has 148 valence electrons. The van der Waals surface area contributed by atoms with Crippen LogP contribution in [0.2, 0.25) is 0 Å². The number of piperidine rings is 2. The summed E-state index contributed by atoms with van der Waals surface area (Å²) >= 11 is 0. The number of carbonyl (C=O) groups excluding carboxylic acids is 2. The molecule has 0 aromatic carbocycles. The predicted molar refractivity (Wildman–Crippen MR) is 103 cm³/mol. The molecule has 0 radical (unpaired) electrons. The van der Waals surface area contributed by atoms with Crippen molar-refractivity contribution in [2.75, 3.05) is 26.2 Å². The SMILES string of the molecule is CC(C)CCN1C[C@@]2(CCCN(C(=O)c3cccc(CO)n3)C2)CCC1=O. The maximum Gasteiger partial charge on any atom is 0.272 e. The van der Waals surface area contributed by atoms with E-state index in [9.17, 15) is 14.7 Å². The molecule has 6 nitrogen and oxygen atoms in total. The van der Waals surface area contributed by atoms with Crippen LogP contribution in [0.15, 0.2) is 18.2 Å². The first-order valence-corrected chi connectivity index (χ1v) is 10.1. The molecule has 1 aromatic heterocycles. The number of hydrogen-bond donors (Lipinski definition) is 1. The van der Waals surface area contributed by atoms with E-state index in [1.807, 2.05) is 9.80 Å². The second-order valence-electron chi connectivity index (χ2n) is 8.50. The highest BCUT2D eigenvalue weighted by Gasteiger charge is 2.42. The summed E-state index contributed by atoms with van der Waals surface area (Å²) in [5.74, 6) is 0.752. The monoisotopic (exact) mass is 373 g/mol. The van der Waals surface area contributed by atoms with Crippen molar-refractivity contribution in [1.29, 1.82) is 0 Å². The number of aliphatic hydroxyl groups is 1. The number of aromatic nitrogens is 1. The molecule has 27 heavy (non-hydrogen) atoms. The Bertz CT molecular complexity index is 691. The van der Waals surface area contributed by atoms with Crippen LogP contribution in [0.1, 0.15) is 62.1 Å². The second kappa shape index (κ2) is 8.38. The van der Waals surface area contributed by atoms with E-state index in [0.717, 1.165) is 45.3 Å². The Labute approximate surface area is 161 Å². The molecule has 1 N–H and O–H groups in total. The molecule has 1 atom stereocenters. The van der Waals surface area contributed by atoms with Gasteiger partial charge < -0.3 is 14.9 Å². The van der Waals surface area contributed by atoms with E-state index >= 15 is 0 Å². The van der Waals surface area contributed by atoms with Gasteiger partial charge in [0.2, 0.25) is 5.91 Å². The van der Waals surface area contributed by atoms with Gasteiger partial charge in [0.1, 0.15) is 5.69 Å². The smallest absolute Gasteiger partial charge is 0.272 e. The Hall–Kier alpha value is -1.95. The summed E-state index contributed by atoms with van der Waals surface area (Å²) in [6.07, 6.45) is 4.47. The maximum absolute atomic E-state index is 13.0. The Morgan fingerprint density at radius 2 is 2.11 bits per heavy atom. The lowest BCUT2D eigenvalue weighted by Gasteiger charge is -2.48. The van der Waals surface area contributed by atoms with Crippen molar-refractivity contribution in [1.82, 2.24) is 14.8 Å². The van der Waals surface area contributed by atoms with E-state index in [0.29, 0.717) is 30.3 Å². The third kappa shape index (κ3) is 4.67. The zero-order chi connectivity index (χ0) is 19.4. The van der Waals surface area contributed by atoms with Gasteiger partial charge in [-0.2, -0.15) is 0 Å². The molecule has 2 aliphatic rings. The summed E-state index contributed by atoms with van der Waals surface area (Å²) in [7, 11) is 0.